The van der Waals surface area contributed by atoms with Crippen LogP contribution < -0.4 is 0 Å². The third-order valence-electron chi connectivity index (χ3n) is 1.60. The number of carbonyl (C=O) groups is 1. The van der Waals surface area contributed by atoms with Crippen molar-refractivity contribution in [3.8, 4) is 0 Å². The Kier molecular flexibility index (Phi) is 4.81. The molecule has 0 fully saturated rings. The van der Waals surface area contributed by atoms with Crippen LogP contribution in [0.1, 0.15) is 10.4 Å². The van der Waals surface area contributed by atoms with Crippen molar-refractivity contribution < 1.29 is 4.79 Å². The highest BCUT2D eigenvalue weighted by molar-refractivity contribution is 5.74. The summed E-state index contributed by atoms with van der Waals surface area (Å²) in [5.41, 5.74) is 0.729. The normalized spacial score (nSPS) is 8.29. The van der Waals surface area contributed by atoms with E-state index in [1.165, 1.54) is 0 Å². The summed E-state index contributed by atoms with van der Waals surface area (Å²) in [6.07, 6.45) is 0.833. The standard InChI is InChI=1S/C7H6O.C6H6/c8-6-7-4-2-1-3-5-7;1-2-4-6-5-3-1/h1-6H;1-6H. The van der Waals surface area contributed by atoms with Crippen molar-refractivity contribution in [2.24, 2.45) is 0 Å². The summed E-state index contributed by atoms with van der Waals surface area (Å²) in [6, 6.07) is 21.1. The quantitative estimate of drug-likeness (QED) is 0.622. The molecule has 1 nitrogen and oxygen atoms in total. The van der Waals surface area contributed by atoms with E-state index in [2.05, 4.69) is 0 Å². The number of benzene rings is 2. The zero-order valence-electron chi connectivity index (χ0n) is 7.84. The molecular formula is C13H12O. The molecular weight excluding hydrogens is 172 g/mol. The molecule has 0 saturated carbocycles. The van der Waals surface area contributed by atoms with Crippen LogP contribution in [0, 0.1) is 0 Å². The van der Waals surface area contributed by atoms with Gasteiger partial charge < -0.3 is 0 Å². The van der Waals surface area contributed by atoms with Crippen molar-refractivity contribution in [3.63, 3.8) is 0 Å². The van der Waals surface area contributed by atoms with Crippen LogP contribution in [0.2, 0.25) is 0 Å². The minimum atomic E-state index is 0.729. The van der Waals surface area contributed by atoms with E-state index < -0.39 is 0 Å². The first-order valence-electron chi connectivity index (χ1n) is 4.44. The summed E-state index contributed by atoms with van der Waals surface area (Å²) in [4.78, 5) is 10.0. The summed E-state index contributed by atoms with van der Waals surface area (Å²) in [7, 11) is 0. The van der Waals surface area contributed by atoms with Crippen molar-refractivity contribution in [1.29, 1.82) is 0 Å². The van der Waals surface area contributed by atoms with Crippen molar-refractivity contribution in [1.82, 2.24) is 0 Å². The zero-order chi connectivity index (χ0) is 10.1. The second-order valence-electron chi connectivity index (χ2n) is 2.68. The maximum atomic E-state index is 10.0. The van der Waals surface area contributed by atoms with Crippen LogP contribution in [-0.2, 0) is 0 Å². The fraction of sp³-hybridized carbons (Fsp3) is 0. The highest BCUT2D eigenvalue weighted by atomic mass is 16.1. The number of aldehydes is 1. The minimum Gasteiger partial charge on any atom is -0.298 e. The Bertz CT molecular complexity index is 313. The molecule has 0 saturated heterocycles. The summed E-state index contributed by atoms with van der Waals surface area (Å²) in [5, 5.41) is 0. The lowest BCUT2D eigenvalue weighted by Crippen LogP contribution is -1.73. The lowest BCUT2D eigenvalue weighted by atomic mass is 10.2. The molecule has 0 radical (unpaired) electrons. The smallest absolute Gasteiger partial charge is 0.150 e. The lowest BCUT2D eigenvalue weighted by molar-refractivity contribution is 0.112. The Balaban J connectivity index is 0.000000146. The molecule has 0 atom stereocenters. The summed E-state index contributed by atoms with van der Waals surface area (Å²) in [6.45, 7) is 0. The predicted molar refractivity (Wildman–Crippen MR) is 58.3 cm³/mol. The summed E-state index contributed by atoms with van der Waals surface area (Å²) >= 11 is 0. The monoisotopic (exact) mass is 184 g/mol. The van der Waals surface area contributed by atoms with Gasteiger partial charge in [-0.05, 0) is 0 Å². The van der Waals surface area contributed by atoms with Crippen LogP contribution in [0.4, 0.5) is 0 Å². The molecule has 0 aliphatic rings. The highest BCUT2D eigenvalue weighted by Crippen LogP contribution is 1.91. The third kappa shape index (κ3) is 4.21. The Hall–Kier alpha value is -1.89. The van der Waals surface area contributed by atoms with Gasteiger partial charge in [-0.1, -0.05) is 66.7 Å². The molecule has 14 heavy (non-hydrogen) atoms. The molecule has 0 aliphatic carbocycles. The Morgan fingerprint density at radius 2 is 1.00 bits per heavy atom. The average Bonchev–Trinajstić information content (AvgIpc) is 2.33. The van der Waals surface area contributed by atoms with Gasteiger partial charge in [-0.15, -0.1) is 0 Å². The van der Waals surface area contributed by atoms with E-state index in [-0.39, 0.29) is 0 Å². The molecule has 0 bridgehead atoms. The van der Waals surface area contributed by atoms with Crippen LogP contribution in [0.5, 0.6) is 0 Å². The van der Waals surface area contributed by atoms with Gasteiger partial charge in [0.1, 0.15) is 6.29 Å². The van der Waals surface area contributed by atoms with Crippen LogP contribution >= 0.6 is 0 Å². The average molecular weight is 184 g/mol. The van der Waals surface area contributed by atoms with Crippen molar-refractivity contribution in [3.05, 3.63) is 72.3 Å². The number of carbonyl (C=O) groups excluding carboxylic acids is 1. The Morgan fingerprint density at radius 3 is 1.29 bits per heavy atom. The van der Waals surface area contributed by atoms with Crippen LogP contribution in [-0.4, -0.2) is 6.29 Å². The SMILES string of the molecule is O=Cc1ccccc1.c1ccccc1. The number of rotatable bonds is 1. The van der Waals surface area contributed by atoms with Crippen molar-refractivity contribution in [2.75, 3.05) is 0 Å². The molecule has 2 aromatic rings. The van der Waals surface area contributed by atoms with Gasteiger partial charge >= 0.3 is 0 Å². The molecule has 0 aliphatic heterocycles. The minimum absolute atomic E-state index is 0.729. The first kappa shape index (κ1) is 10.2. The van der Waals surface area contributed by atoms with E-state index in [9.17, 15) is 4.79 Å². The molecule has 0 spiro atoms. The third-order valence-corrected chi connectivity index (χ3v) is 1.60. The van der Waals surface area contributed by atoms with Gasteiger partial charge in [-0.3, -0.25) is 4.79 Å². The van der Waals surface area contributed by atoms with Crippen LogP contribution in [0.25, 0.3) is 0 Å². The first-order valence-corrected chi connectivity index (χ1v) is 4.44. The van der Waals surface area contributed by atoms with E-state index in [1.807, 2.05) is 54.6 Å². The maximum Gasteiger partial charge on any atom is 0.150 e. The molecule has 0 aromatic heterocycles. The van der Waals surface area contributed by atoms with Crippen LogP contribution in [0.3, 0.4) is 0 Å². The van der Waals surface area contributed by atoms with Gasteiger partial charge in [0.15, 0.2) is 0 Å². The van der Waals surface area contributed by atoms with Gasteiger partial charge in [-0.25, -0.2) is 0 Å². The molecule has 1 heteroatoms. The van der Waals surface area contributed by atoms with Crippen molar-refractivity contribution >= 4 is 6.29 Å². The van der Waals surface area contributed by atoms with E-state index in [0.717, 1.165) is 11.8 Å². The molecule has 2 rings (SSSR count). The summed E-state index contributed by atoms with van der Waals surface area (Å²) < 4.78 is 0. The van der Waals surface area contributed by atoms with Gasteiger partial charge in [-0.2, -0.15) is 0 Å². The second kappa shape index (κ2) is 6.61. The van der Waals surface area contributed by atoms with Gasteiger partial charge in [0.2, 0.25) is 0 Å². The fourth-order valence-corrected chi connectivity index (χ4v) is 0.917. The zero-order valence-corrected chi connectivity index (χ0v) is 7.84. The van der Waals surface area contributed by atoms with Crippen LogP contribution in [0.15, 0.2) is 66.7 Å². The number of hydrogen-bond acceptors (Lipinski definition) is 1. The molecule has 0 heterocycles. The van der Waals surface area contributed by atoms with Gasteiger partial charge in [0.05, 0.1) is 0 Å². The topological polar surface area (TPSA) is 17.1 Å². The Labute approximate surface area is 84.0 Å². The molecule has 0 amide bonds. The highest BCUT2D eigenvalue weighted by Gasteiger charge is 1.79. The van der Waals surface area contributed by atoms with E-state index in [1.54, 1.807) is 12.1 Å². The predicted octanol–water partition coefficient (Wildman–Crippen LogP) is 3.19. The molecule has 2 aromatic carbocycles. The maximum absolute atomic E-state index is 10.0. The number of hydrogen-bond donors (Lipinski definition) is 0. The largest absolute Gasteiger partial charge is 0.298 e. The van der Waals surface area contributed by atoms with E-state index >= 15 is 0 Å². The first-order chi connectivity index (χ1) is 6.93. The second-order valence-corrected chi connectivity index (χ2v) is 2.68. The molecule has 70 valence electrons. The van der Waals surface area contributed by atoms with Crippen molar-refractivity contribution in [2.45, 2.75) is 0 Å². The van der Waals surface area contributed by atoms with E-state index in [0.29, 0.717) is 0 Å². The van der Waals surface area contributed by atoms with E-state index in [4.69, 9.17) is 0 Å². The molecule has 0 unspecified atom stereocenters. The lowest BCUT2D eigenvalue weighted by Gasteiger charge is -1.81. The van der Waals surface area contributed by atoms with Gasteiger partial charge in [0.25, 0.3) is 0 Å². The fourth-order valence-electron chi connectivity index (χ4n) is 0.917. The summed E-state index contributed by atoms with van der Waals surface area (Å²) in [5.74, 6) is 0. The van der Waals surface area contributed by atoms with Gasteiger partial charge in [0, 0.05) is 5.56 Å². The molecule has 0 N–H and O–H groups in total. The Morgan fingerprint density at radius 1 is 0.643 bits per heavy atom.